The third-order valence-corrected chi connectivity index (χ3v) is 3.83. The Kier molecular flexibility index (Phi) is 3.72. The molecule has 1 aliphatic carbocycles. The van der Waals surface area contributed by atoms with Crippen molar-refractivity contribution in [2.45, 2.75) is 57.5 Å². The summed E-state index contributed by atoms with van der Waals surface area (Å²) in [4.78, 5) is 4.44. The van der Waals surface area contributed by atoms with Gasteiger partial charge in [0.2, 0.25) is 0 Å². The lowest BCUT2D eigenvalue weighted by Crippen LogP contribution is -2.41. The minimum atomic E-state index is -0.335. The van der Waals surface area contributed by atoms with Crippen LogP contribution in [0.1, 0.15) is 57.8 Å². The summed E-state index contributed by atoms with van der Waals surface area (Å²) in [5.74, 6) is 1.56. The van der Waals surface area contributed by atoms with E-state index in [4.69, 9.17) is 0 Å². The maximum Gasteiger partial charge on any atom is 0.111 e. The second-order valence-electron chi connectivity index (χ2n) is 5.47. The van der Waals surface area contributed by atoms with Gasteiger partial charge in [0.15, 0.2) is 0 Å². The monoisotopic (exact) mass is 246 g/mol. The quantitative estimate of drug-likeness (QED) is 0.888. The molecule has 0 aromatic carbocycles. The Morgan fingerprint density at radius 1 is 1.67 bits per heavy atom. The number of nitrogens with one attached hydrogen (secondary N) is 1. The smallest absolute Gasteiger partial charge is 0.111 e. The van der Waals surface area contributed by atoms with E-state index in [0.717, 1.165) is 31.6 Å². The molecule has 1 aliphatic rings. The second kappa shape index (κ2) is 5.11. The van der Waals surface area contributed by atoms with Crippen LogP contribution in [0, 0.1) is 11.3 Å². The number of nitriles is 1. The first-order valence-corrected chi connectivity index (χ1v) is 6.81. The number of nitrogens with zero attached hydrogens (tertiary/aromatic N) is 3. The molecule has 98 valence electrons. The van der Waals surface area contributed by atoms with Crippen LogP contribution in [0.15, 0.2) is 12.4 Å². The Labute approximate surface area is 109 Å². The average molecular weight is 246 g/mol. The molecule has 1 saturated carbocycles. The molecule has 1 aromatic rings. The fraction of sp³-hybridized carbons (Fsp3) is 0.714. The predicted octanol–water partition coefficient (Wildman–Crippen LogP) is 2.60. The van der Waals surface area contributed by atoms with E-state index in [9.17, 15) is 5.26 Å². The molecule has 2 atom stereocenters. The van der Waals surface area contributed by atoms with Gasteiger partial charge in [-0.1, -0.05) is 20.8 Å². The summed E-state index contributed by atoms with van der Waals surface area (Å²) in [6.07, 6.45) is 6.79. The van der Waals surface area contributed by atoms with Crippen LogP contribution in [0.4, 0.5) is 0 Å². The number of imidazole rings is 1. The highest BCUT2D eigenvalue weighted by Crippen LogP contribution is 2.38. The minimum absolute atomic E-state index is 0.335. The van der Waals surface area contributed by atoms with Gasteiger partial charge in [-0.15, -0.1) is 0 Å². The van der Waals surface area contributed by atoms with Crippen molar-refractivity contribution < 1.29 is 0 Å². The lowest BCUT2D eigenvalue weighted by atomic mass is 9.99. The maximum atomic E-state index is 9.40. The van der Waals surface area contributed by atoms with Gasteiger partial charge in [-0.25, -0.2) is 4.98 Å². The summed E-state index contributed by atoms with van der Waals surface area (Å²) >= 11 is 0. The summed E-state index contributed by atoms with van der Waals surface area (Å²) in [6, 6.07) is 2.88. The van der Waals surface area contributed by atoms with Crippen molar-refractivity contribution in [3.63, 3.8) is 0 Å². The predicted molar refractivity (Wildman–Crippen MR) is 71.2 cm³/mol. The molecule has 2 rings (SSSR count). The first kappa shape index (κ1) is 13.1. The maximum absolute atomic E-state index is 9.40. The molecular weight excluding hydrogens is 224 g/mol. The average Bonchev–Trinajstić information content (AvgIpc) is 2.95. The van der Waals surface area contributed by atoms with Crippen LogP contribution >= 0.6 is 0 Å². The SMILES string of the molecule is CCNC1(C#N)CCC(n2ccnc2C(C)C)C1. The van der Waals surface area contributed by atoms with E-state index in [1.165, 1.54) is 0 Å². The molecule has 1 fully saturated rings. The molecule has 0 aliphatic heterocycles. The van der Waals surface area contributed by atoms with Gasteiger partial charge in [0, 0.05) is 24.4 Å². The number of aromatic nitrogens is 2. The van der Waals surface area contributed by atoms with Gasteiger partial charge in [0.05, 0.1) is 6.07 Å². The highest BCUT2D eigenvalue weighted by atomic mass is 15.1. The fourth-order valence-electron chi connectivity index (χ4n) is 2.98. The zero-order valence-corrected chi connectivity index (χ0v) is 11.5. The van der Waals surface area contributed by atoms with Crippen LogP contribution in [0.25, 0.3) is 0 Å². The molecule has 4 heteroatoms. The van der Waals surface area contributed by atoms with Crippen molar-refractivity contribution in [2.24, 2.45) is 0 Å². The van der Waals surface area contributed by atoms with Crippen molar-refractivity contribution in [3.8, 4) is 6.07 Å². The minimum Gasteiger partial charge on any atom is -0.332 e. The number of hydrogen-bond donors (Lipinski definition) is 1. The first-order chi connectivity index (χ1) is 8.62. The van der Waals surface area contributed by atoms with Gasteiger partial charge in [-0.3, -0.25) is 5.32 Å². The van der Waals surface area contributed by atoms with Crippen molar-refractivity contribution in [2.75, 3.05) is 6.54 Å². The third-order valence-electron chi connectivity index (χ3n) is 3.83. The largest absolute Gasteiger partial charge is 0.332 e. The fourth-order valence-corrected chi connectivity index (χ4v) is 2.98. The lowest BCUT2D eigenvalue weighted by Gasteiger charge is -2.23. The van der Waals surface area contributed by atoms with E-state index in [0.29, 0.717) is 12.0 Å². The molecule has 0 saturated heterocycles. The van der Waals surface area contributed by atoms with Crippen LogP contribution in [0.5, 0.6) is 0 Å². The van der Waals surface area contributed by atoms with E-state index in [1.54, 1.807) is 0 Å². The van der Waals surface area contributed by atoms with Crippen LogP contribution in [0.3, 0.4) is 0 Å². The van der Waals surface area contributed by atoms with Crippen molar-refractivity contribution in [1.29, 1.82) is 5.26 Å². The van der Waals surface area contributed by atoms with Gasteiger partial charge in [0.25, 0.3) is 0 Å². The van der Waals surface area contributed by atoms with Crippen LogP contribution in [0.2, 0.25) is 0 Å². The first-order valence-electron chi connectivity index (χ1n) is 6.81. The van der Waals surface area contributed by atoms with Gasteiger partial charge >= 0.3 is 0 Å². The summed E-state index contributed by atoms with van der Waals surface area (Å²) in [5, 5.41) is 12.8. The summed E-state index contributed by atoms with van der Waals surface area (Å²) in [7, 11) is 0. The van der Waals surface area contributed by atoms with Crippen molar-refractivity contribution >= 4 is 0 Å². The summed E-state index contributed by atoms with van der Waals surface area (Å²) < 4.78 is 2.26. The molecule has 1 N–H and O–H groups in total. The molecule has 18 heavy (non-hydrogen) atoms. The van der Waals surface area contributed by atoms with E-state index in [-0.39, 0.29) is 5.54 Å². The topological polar surface area (TPSA) is 53.6 Å². The Hall–Kier alpha value is -1.34. The lowest BCUT2D eigenvalue weighted by molar-refractivity contribution is 0.403. The van der Waals surface area contributed by atoms with Gasteiger partial charge in [-0.2, -0.15) is 5.26 Å². The van der Waals surface area contributed by atoms with Crippen LogP contribution in [-0.2, 0) is 0 Å². The van der Waals surface area contributed by atoms with Crippen molar-refractivity contribution in [1.82, 2.24) is 14.9 Å². The summed E-state index contributed by atoms with van der Waals surface area (Å²) in [6.45, 7) is 7.23. The standard InChI is InChI=1S/C14H22N4/c1-4-17-14(10-15)6-5-12(9-14)18-8-7-16-13(18)11(2)3/h7-8,11-12,17H,4-6,9H2,1-3H3. The Morgan fingerprint density at radius 3 is 3.06 bits per heavy atom. The Balaban J connectivity index is 2.18. The van der Waals surface area contributed by atoms with Crippen LogP contribution in [-0.4, -0.2) is 21.6 Å². The molecule has 0 bridgehead atoms. The molecular formula is C14H22N4. The zero-order chi connectivity index (χ0) is 13.2. The van der Waals surface area contributed by atoms with Gasteiger partial charge in [0.1, 0.15) is 11.4 Å². The molecule has 4 nitrogen and oxygen atoms in total. The number of hydrogen-bond acceptors (Lipinski definition) is 3. The van der Waals surface area contributed by atoms with Crippen molar-refractivity contribution in [3.05, 3.63) is 18.2 Å². The Morgan fingerprint density at radius 2 is 2.44 bits per heavy atom. The zero-order valence-electron chi connectivity index (χ0n) is 11.5. The highest BCUT2D eigenvalue weighted by molar-refractivity contribution is 5.14. The van der Waals surface area contributed by atoms with Gasteiger partial charge < -0.3 is 4.57 Å². The second-order valence-corrected chi connectivity index (χ2v) is 5.47. The highest BCUT2D eigenvalue weighted by Gasteiger charge is 2.40. The van der Waals surface area contributed by atoms with Crippen LogP contribution < -0.4 is 5.32 Å². The number of rotatable bonds is 4. The van der Waals surface area contributed by atoms with E-state index >= 15 is 0 Å². The van der Waals surface area contributed by atoms with E-state index in [1.807, 2.05) is 6.20 Å². The normalized spacial score (nSPS) is 27.6. The molecule has 0 amide bonds. The van der Waals surface area contributed by atoms with Gasteiger partial charge in [-0.05, 0) is 25.8 Å². The van der Waals surface area contributed by atoms with E-state index < -0.39 is 0 Å². The molecule has 0 spiro atoms. The molecule has 0 radical (unpaired) electrons. The summed E-state index contributed by atoms with van der Waals surface area (Å²) in [5.41, 5.74) is -0.335. The third kappa shape index (κ3) is 2.28. The Bertz CT molecular complexity index is 443. The molecule has 2 unspecified atom stereocenters. The van der Waals surface area contributed by atoms with E-state index in [2.05, 4.69) is 47.9 Å². The molecule has 1 heterocycles. The molecule has 1 aromatic heterocycles.